The summed E-state index contributed by atoms with van der Waals surface area (Å²) in [5, 5.41) is 14.2. The normalized spacial score (nSPS) is 11.8. The zero-order valence-electron chi connectivity index (χ0n) is 8.22. The molecule has 0 aliphatic heterocycles. The summed E-state index contributed by atoms with van der Waals surface area (Å²) in [6, 6.07) is 7.68. The molecule has 2 heterocycles. The molecule has 0 spiro atoms. The molecule has 0 radical (unpaired) electrons. The molecule has 0 bridgehead atoms. The van der Waals surface area contributed by atoms with Crippen LogP contribution in [0.5, 0.6) is 0 Å². The Kier molecular flexibility index (Phi) is 3.54. The molecule has 0 fully saturated rings. The Labute approximate surface area is 106 Å². The van der Waals surface area contributed by atoms with Crippen molar-refractivity contribution in [2.24, 2.45) is 0 Å². The SMILES string of the molecule is N#C[C@H](Nc1cncc(Br)c1)c1cccs1. The topological polar surface area (TPSA) is 48.7 Å². The van der Waals surface area contributed by atoms with E-state index in [1.165, 1.54) is 0 Å². The van der Waals surface area contributed by atoms with Crippen LogP contribution in [0.2, 0.25) is 0 Å². The summed E-state index contributed by atoms with van der Waals surface area (Å²) in [6.45, 7) is 0. The molecule has 1 N–H and O–H groups in total. The minimum Gasteiger partial charge on any atom is -0.364 e. The van der Waals surface area contributed by atoms with Gasteiger partial charge in [-0.15, -0.1) is 11.3 Å². The van der Waals surface area contributed by atoms with Crippen molar-refractivity contribution >= 4 is 33.0 Å². The lowest BCUT2D eigenvalue weighted by Crippen LogP contribution is -2.06. The lowest BCUT2D eigenvalue weighted by molar-refractivity contribution is 1.02. The van der Waals surface area contributed by atoms with Crippen molar-refractivity contribution in [3.63, 3.8) is 0 Å². The van der Waals surface area contributed by atoms with Gasteiger partial charge in [0.1, 0.15) is 6.04 Å². The van der Waals surface area contributed by atoms with Gasteiger partial charge in [-0.3, -0.25) is 4.98 Å². The molecule has 5 heteroatoms. The van der Waals surface area contributed by atoms with Crippen molar-refractivity contribution < 1.29 is 0 Å². The largest absolute Gasteiger partial charge is 0.364 e. The molecule has 0 aromatic carbocycles. The van der Waals surface area contributed by atoms with Crippen LogP contribution in [0.4, 0.5) is 5.69 Å². The van der Waals surface area contributed by atoms with E-state index in [9.17, 15) is 0 Å². The maximum atomic E-state index is 9.09. The lowest BCUT2D eigenvalue weighted by Gasteiger charge is -2.10. The molecule has 80 valence electrons. The number of hydrogen-bond donors (Lipinski definition) is 1. The number of rotatable bonds is 3. The van der Waals surface area contributed by atoms with Crippen molar-refractivity contribution in [1.29, 1.82) is 5.26 Å². The average Bonchev–Trinajstić information content (AvgIpc) is 2.79. The van der Waals surface area contributed by atoms with Crippen molar-refractivity contribution in [3.8, 4) is 6.07 Å². The highest BCUT2D eigenvalue weighted by Gasteiger charge is 2.11. The molecule has 0 amide bonds. The molecular formula is C11H8BrN3S. The van der Waals surface area contributed by atoms with Crippen LogP contribution in [0.15, 0.2) is 40.4 Å². The lowest BCUT2D eigenvalue weighted by atomic mass is 10.2. The second-order valence-electron chi connectivity index (χ2n) is 3.11. The predicted molar refractivity (Wildman–Crippen MR) is 68.2 cm³/mol. The van der Waals surface area contributed by atoms with Crippen molar-refractivity contribution in [3.05, 3.63) is 45.3 Å². The highest BCUT2D eigenvalue weighted by Crippen LogP contribution is 2.23. The highest BCUT2D eigenvalue weighted by molar-refractivity contribution is 9.10. The van der Waals surface area contributed by atoms with Crippen LogP contribution in [-0.4, -0.2) is 4.98 Å². The number of pyridine rings is 1. The van der Waals surface area contributed by atoms with E-state index in [1.54, 1.807) is 23.7 Å². The zero-order chi connectivity index (χ0) is 11.4. The van der Waals surface area contributed by atoms with Gasteiger partial charge >= 0.3 is 0 Å². The number of halogens is 1. The summed E-state index contributed by atoms with van der Waals surface area (Å²) in [6.07, 6.45) is 3.40. The number of nitriles is 1. The van der Waals surface area contributed by atoms with E-state index >= 15 is 0 Å². The average molecular weight is 294 g/mol. The minimum atomic E-state index is -0.323. The van der Waals surface area contributed by atoms with Gasteiger partial charge in [0.2, 0.25) is 0 Å². The number of anilines is 1. The molecule has 0 saturated heterocycles. The van der Waals surface area contributed by atoms with E-state index in [4.69, 9.17) is 5.26 Å². The van der Waals surface area contributed by atoms with Gasteiger partial charge < -0.3 is 5.32 Å². The predicted octanol–water partition coefficient (Wildman–Crippen LogP) is 3.58. The Morgan fingerprint density at radius 1 is 1.50 bits per heavy atom. The first-order chi connectivity index (χ1) is 7.79. The fourth-order valence-corrected chi connectivity index (χ4v) is 2.36. The summed E-state index contributed by atoms with van der Waals surface area (Å²) < 4.78 is 0.889. The van der Waals surface area contributed by atoms with E-state index in [2.05, 4.69) is 32.3 Å². The first-order valence-electron chi connectivity index (χ1n) is 4.59. The third-order valence-electron chi connectivity index (χ3n) is 1.97. The fraction of sp³-hybridized carbons (Fsp3) is 0.0909. The summed E-state index contributed by atoms with van der Waals surface area (Å²) in [4.78, 5) is 5.04. The van der Waals surface area contributed by atoms with E-state index < -0.39 is 0 Å². The summed E-state index contributed by atoms with van der Waals surface area (Å²) in [7, 11) is 0. The van der Waals surface area contributed by atoms with Gasteiger partial charge in [-0.2, -0.15) is 5.26 Å². The monoisotopic (exact) mass is 293 g/mol. The van der Waals surface area contributed by atoms with Crippen LogP contribution in [-0.2, 0) is 0 Å². The molecule has 0 saturated carbocycles. The number of aromatic nitrogens is 1. The Morgan fingerprint density at radius 3 is 3.00 bits per heavy atom. The molecule has 16 heavy (non-hydrogen) atoms. The van der Waals surface area contributed by atoms with Gasteiger partial charge in [0, 0.05) is 15.5 Å². The zero-order valence-corrected chi connectivity index (χ0v) is 10.6. The van der Waals surface area contributed by atoms with Crippen LogP contribution in [0.3, 0.4) is 0 Å². The number of nitrogens with one attached hydrogen (secondary N) is 1. The van der Waals surface area contributed by atoms with Gasteiger partial charge in [0.15, 0.2) is 0 Å². The summed E-state index contributed by atoms with van der Waals surface area (Å²) >= 11 is 4.90. The van der Waals surface area contributed by atoms with Crippen molar-refractivity contribution in [2.45, 2.75) is 6.04 Å². The Bertz CT molecular complexity index is 504. The molecule has 0 aliphatic carbocycles. The van der Waals surface area contributed by atoms with Crippen LogP contribution < -0.4 is 5.32 Å². The quantitative estimate of drug-likeness (QED) is 0.941. The standard InChI is InChI=1S/C11H8BrN3S/c12-8-4-9(7-14-6-8)15-10(5-13)11-2-1-3-16-11/h1-4,6-7,10,15H/t10-/m0/s1. The van der Waals surface area contributed by atoms with Gasteiger partial charge in [-0.05, 0) is 33.4 Å². The first kappa shape index (κ1) is 11.1. The van der Waals surface area contributed by atoms with E-state index in [-0.39, 0.29) is 6.04 Å². The number of nitrogens with zero attached hydrogens (tertiary/aromatic N) is 2. The maximum absolute atomic E-state index is 9.09. The molecule has 2 aromatic rings. The second-order valence-corrected chi connectivity index (χ2v) is 5.01. The maximum Gasteiger partial charge on any atom is 0.149 e. The molecular weight excluding hydrogens is 286 g/mol. The smallest absolute Gasteiger partial charge is 0.149 e. The fourth-order valence-electron chi connectivity index (χ4n) is 1.28. The number of hydrogen-bond acceptors (Lipinski definition) is 4. The first-order valence-corrected chi connectivity index (χ1v) is 6.27. The summed E-state index contributed by atoms with van der Waals surface area (Å²) in [5.41, 5.74) is 0.828. The van der Waals surface area contributed by atoms with E-state index in [1.807, 2.05) is 23.6 Å². The third-order valence-corrected chi connectivity index (χ3v) is 3.34. The van der Waals surface area contributed by atoms with Gasteiger partial charge in [-0.1, -0.05) is 6.07 Å². The molecule has 1 atom stereocenters. The Hall–Kier alpha value is -1.38. The van der Waals surface area contributed by atoms with E-state index in [0.29, 0.717) is 0 Å². The van der Waals surface area contributed by atoms with Crippen LogP contribution >= 0.6 is 27.3 Å². The summed E-state index contributed by atoms with van der Waals surface area (Å²) in [5.74, 6) is 0. The molecule has 3 nitrogen and oxygen atoms in total. The Morgan fingerprint density at radius 2 is 2.38 bits per heavy atom. The van der Waals surface area contributed by atoms with Crippen molar-refractivity contribution in [2.75, 3.05) is 5.32 Å². The Balaban J connectivity index is 2.17. The van der Waals surface area contributed by atoms with Crippen molar-refractivity contribution in [1.82, 2.24) is 4.98 Å². The van der Waals surface area contributed by atoms with Gasteiger partial charge in [0.25, 0.3) is 0 Å². The van der Waals surface area contributed by atoms with Crippen LogP contribution in [0, 0.1) is 11.3 Å². The van der Waals surface area contributed by atoms with Gasteiger partial charge in [-0.25, -0.2) is 0 Å². The third kappa shape index (κ3) is 2.60. The number of thiophene rings is 1. The minimum absolute atomic E-state index is 0.323. The van der Waals surface area contributed by atoms with Crippen LogP contribution in [0.25, 0.3) is 0 Å². The molecule has 2 rings (SSSR count). The second kappa shape index (κ2) is 5.10. The molecule has 0 aliphatic rings. The van der Waals surface area contributed by atoms with Crippen LogP contribution in [0.1, 0.15) is 10.9 Å². The molecule has 2 aromatic heterocycles. The van der Waals surface area contributed by atoms with Gasteiger partial charge in [0.05, 0.1) is 18.0 Å². The highest BCUT2D eigenvalue weighted by atomic mass is 79.9. The molecule has 0 unspecified atom stereocenters. The van der Waals surface area contributed by atoms with E-state index in [0.717, 1.165) is 15.0 Å².